The second-order valence-electron chi connectivity index (χ2n) is 6.71. The molecule has 0 spiro atoms. The van der Waals surface area contributed by atoms with Crippen molar-refractivity contribution < 1.29 is 24.1 Å². The molecule has 6 nitrogen and oxygen atoms in total. The largest absolute Gasteiger partial charge is 0.493 e. The number of ether oxygens (including phenoxy) is 3. The van der Waals surface area contributed by atoms with E-state index in [1.54, 1.807) is 18.2 Å². The van der Waals surface area contributed by atoms with E-state index < -0.39 is 6.10 Å². The summed E-state index contributed by atoms with van der Waals surface area (Å²) in [5, 5.41) is 13.0. The average Bonchev–Trinajstić information content (AvgIpc) is 3.51. The van der Waals surface area contributed by atoms with Crippen LogP contribution < -0.4 is 19.5 Å². The first-order chi connectivity index (χ1) is 13.5. The third-order valence-electron chi connectivity index (χ3n) is 4.72. The summed E-state index contributed by atoms with van der Waals surface area (Å²) in [6.45, 7) is 0.134. The summed E-state index contributed by atoms with van der Waals surface area (Å²) in [6.07, 6.45) is -0.0190. The van der Waals surface area contributed by atoms with E-state index in [2.05, 4.69) is 21.2 Å². The van der Waals surface area contributed by atoms with Gasteiger partial charge in [0.1, 0.15) is 12.7 Å². The van der Waals surface area contributed by atoms with Crippen LogP contribution in [0.2, 0.25) is 0 Å². The maximum absolute atomic E-state index is 12.3. The van der Waals surface area contributed by atoms with Gasteiger partial charge >= 0.3 is 0 Å². The van der Waals surface area contributed by atoms with E-state index in [0.717, 1.165) is 16.5 Å². The molecule has 0 saturated heterocycles. The van der Waals surface area contributed by atoms with Crippen LogP contribution in [0.5, 0.6) is 17.2 Å². The number of methoxy groups -OCH3 is 2. The molecule has 28 heavy (non-hydrogen) atoms. The molecule has 1 aliphatic rings. The van der Waals surface area contributed by atoms with Crippen molar-refractivity contribution in [2.75, 3.05) is 27.4 Å². The molecule has 1 fully saturated rings. The Balaban J connectivity index is 1.46. The molecule has 0 heterocycles. The van der Waals surface area contributed by atoms with Crippen molar-refractivity contribution in [3.05, 3.63) is 52.5 Å². The van der Waals surface area contributed by atoms with E-state index in [0.29, 0.717) is 17.2 Å². The number of carbonyl (C=O) groups excluding carboxylic acids is 1. The van der Waals surface area contributed by atoms with Crippen LogP contribution in [0.25, 0.3) is 0 Å². The van der Waals surface area contributed by atoms with Gasteiger partial charge in [0.2, 0.25) is 11.7 Å². The number of hydrogen-bond donors (Lipinski definition) is 2. The second-order valence-corrected chi connectivity index (χ2v) is 7.62. The van der Waals surface area contributed by atoms with E-state index in [4.69, 9.17) is 14.2 Å². The molecule has 3 rings (SSSR count). The van der Waals surface area contributed by atoms with Gasteiger partial charge in [-0.3, -0.25) is 4.79 Å². The van der Waals surface area contributed by atoms with Crippen molar-refractivity contribution in [1.82, 2.24) is 5.32 Å². The highest BCUT2D eigenvalue weighted by molar-refractivity contribution is 9.10. The number of rotatable bonds is 9. The lowest BCUT2D eigenvalue weighted by Crippen LogP contribution is -2.36. The minimum atomic E-state index is -0.846. The number of nitrogens with one attached hydrogen (secondary N) is 1. The molecule has 1 saturated carbocycles. The molecule has 2 aromatic rings. The third kappa shape index (κ3) is 4.97. The van der Waals surface area contributed by atoms with Gasteiger partial charge in [-0.05, 0) is 42.2 Å². The zero-order valence-corrected chi connectivity index (χ0v) is 17.4. The van der Waals surface area contributed by atoms with Gasteiger partial charge in [0, 0.05) is 16.9 Å². The highest BCUT2D eigenvalue weighted by Crippen LogP contribution is 2.47. The van der Waals surface area contributed by atoms with E-state index >= 15 is 0 Å². The van der Waals surface area contributed by atoms with Crippen LogP contribution in [0.15, 0.2) is 46.9 Å². The Hall–Kier alpha value is -2.25. The van der Waals surface area contributed by atoms with E-state index in [-0.39, 0.29) is 30.9 Å². The minimum absolute atomic E-state index is 0.0107. The molecule has 0 bridgehead atoms. The molecular formula is C21H24BrNO5. The number of para-hydroxylation sites is 1. The van der Waals surface area contributed by atoms with Crippen molar-refractivity contribution in [3.8, 4) is 17.2 Å². The first kappa shape index (κ1) is 20.5. The van der Waals surface area contributed by atoms with Crippen molar-refractivity contribution >= 4 is 21.8 Å². The van der Waals surface area contributed by atoms with Crippen LogP contribution >= 0.6 is 15.9 Å². The first-order valence-corrected chi connectivity index (χ1v) is 9.87. The lowest BCUT2D eigenvalue weighted by atomic mass is 10.1. The second kappa shape index (κ2) is 9.30. The third-order valence-corrected chi connectivity index (χ3v) is 5.21. The highest BCUT2D eigenvalue weighted by Gasteiger charge is 2.43. The van der Waals surface area contributed by atoms with Crippen LogP contribution in [0, 0.1) is 5.92 Å². The van der Waals surface area contributed by atoms with Gasteiger partial charge in [-0.1, -0.05) is 34.1 Å². The Morgan fingerprint density at radius 3 is 2.54 bits per heavy atom. The summed E-state index contributed by atoms with van der Waals surface area (Å²) in [4.78, 5) is 12.3. The van der Waals surface area contributed by atoms with Crippen molar-refractivity contribution in [2.24, 2.45) is 5.92 Å². The van der Waals surface area contributed by atoms with Gasteiger partial charge in [0.05, 0.1) is 14.2 Å². The van der Waals surface area contributed by atoms with Crippen LogP contribution in [0.1, 0.15) is 17.9 Å². The van der Waals surface area contributed by atoms with Gasteiger partial charge in [-0.25, -0.2) is 0 Å². The summed E-state index contributed by atoms with van der Waals surface area (Å²) >= 11 is 3.46. The van der Waals surface area contributed by atoms with Crippen LogP contribution in [0.4, 0.5) is 0 Å². The Morgan fingerprint density at radius 2 is 1.89 bits per heavy atom. The molecule has 7 heteroatoms. The lowest BCUT2D eigenvalue weighted by Gasteiger charge is -2.17. The first-order valence-electron chi connectivity index (χ1n) is 9.08. The SMILES string of the molecule is COc1cccc(OC)c1OCC(O)CNC(=O)C1CC1c1cccc(Br)c1. The summed E-state index contributed by atoms with van der Waals surface area (Å²) < 4.78 is 17.2. The number of aliphatic hydroxyl groups is 1. The fourth-order valence-corrected chi connectivity index (χ4v) is 3.55. The molecule has 1 aliphatic carbocycles. The fraction of sp³-hybridized carbons (Fsp3) is 0.381. The number of aliphatic hydroxyl groups excluding tert-OH is 1. The summed E-state index contributed by atoms with van der Waals surface area (Å²) in [5.74, 6) is 1.62. The molecule has 3 atom stereocenters. The number of carbonyl (C=O) groups is 1. The Morgan fingerprint density at radius 1 is 1.21 bits per heavy atom. The van der Waals surface area contributed by atoms with Crippen molar-refractivity contribution in [3.63, 3.8) is 0 Å². The van der Waals surface area contributed by atoms with E-state index in [9.17, 15) is 9.90 Å². The molecule has 2 aromatic carbocycles. The van der Waals surface area contributed by atoms with Gasteiger partial charge in [-0.2, -0.15) is 0 Å². The minimum Gasteiger partial charge on any atom is -0.493 e. The summed E-state index contributed by atoms with van der Waals surface area (Å²) in [6, 6.07) is 13.3. The molecule has 0 radical (unpaired) electrons. The van der Waals surface area contributed by atoms with Gasteiger partial charge in [0.15, 0.2) is 11.5 Å². The zero-order chi connectivity index (χ0) is 20.1. The maximum Gasteiger partial charge on any atom is 0.223 e. The normalized spacial score (nSPS) is 18.9. The molecule has 0 aromatic heterocycles. The number of benzene rings is 2. The van der Waals surface area contributed by atoms with Gasteiger partial charge in [-0.15, -0.1) is 0 Å². The van der Waals surface area contributed by atoms with Gasteiger partial charge < -0.3 is 24.6 Å². The van der Waals surface area contributed by atoms with Crippen LogP contribution in [0.3, 0.4) is 0 Å². The summed E-state index contributed by atoms with van der Waals surface area (Å²) in [5.41, 5.74) is 1.15. The lowest BCUT2D eigenvalue weighted by molar-refractivity contribution is -0.122. The predicted octanol–water partition coefficient (Wildman–Crippen LogP) is 3.13. The number of hydrogen-bond acceptors (Lipinski definition) is 5. The topological polar surface area (TPSA) is 77.0 Å². The van der Waals surface area contributed by atoms with Crippen molar-refractivity contribution in [1.29, 1.82) is 0 Å². The monoisotopic (exact) mass is 449 g/mol. The standard InChI is InChI=1S/C21H24BrNO5/c1-26-18-7-4-8-19(27-2)20(18)28-12-15(24)11-23-21(25)17-10-16(17)13-5-3-6-14(22)9-13/h3-9,15-17,24H,10-12H2,1-2H3,(H,23,25). The molecule has 1 amide bonds. The van der Waals surface area contributed by atoms with Crippen LogP contribution in [-0.2, 0) is 4.79 Å². The summed E-state index contributed by atoms with van der Waals surface area (Å²) in [7, 11) is 3.07. The highest BCUT2D eigenvalue weighted by atomic mass is 79.9. The fourth-order valence-electron chi connectivity index (χ4n) is 3.14. The molecule has 2 N–H and O–H groups in total. The van der Waals surface area contributed by atoms with E-state index in [1.807, 2.05) is 24.3 Å². The van der Waals surface area contributed by atoms with Crippen LogP contribution in [-0.4, -0.2) is 44.5 Å². The quantitative estimate of drug-likeness (QED) is 0.614. The zero-order valence-electron chi connectivity index (χ0n) is 15.9. The Bertz CT molecular complexity index is 806. The maximum atomic E-state index is 12.3. The average molecular weight is 450 g/mol. The molecular weight excluding hydrogens is 426 g/mol. The Kier molecular flexibility index (Phi) is 6.80. The predicted molar refractivity (Wildman–Crippen MR) is 109 cm³/mol. The molecule has 0 aliphatic heterocycles. The molecule has 3 unspecified atom stereocenters. The van der Waals surface area contributed by atoms with Crippen molar-refractivity contribution in [2.45, 2.75) is 18.4 Å². The number of amides is 1. The Labute approximate surface area is 172 Å². The van der Waals surface area contributed by atoms with Gasteiger partial charge in [0.25, 0.3) is 0 Å². The van der Waals surface area contributed by atoms with E-state index in [1.165, 1.54) is 14.2 Å². The number of halogens is 1. The smallest absolute Gasteiger partial charge is 0.223 e. The molecule has 150 valence electrons.